The first kappa shape index (κ1) is 14.1. The van der Waals surface area contributed by atoms with Gasteiger partial charge in [-0.25, -0.2) is 4.79 Å². The molecule has 0 aromatic rings. The Bertz CT molecular complexity index is 191. The third-order valence-electron chi connectivity index (χ3n) is 1.45. The number of carbonyl (C=O) groups is 1. The molecule has 0 aliphatic carbocycles. The second-order valence-corrected chi connectivity index (χ2v) is 2.68. The number of aliphatic hydroxyl groups excluding tert-OH is 1. The zero-order chi connectivity index (χ0) is 11.9. The lowest BCUT2D eigenvalue weighted by Crippen LogP contribution is -2.40. The van der Waals surface area contributed by atoms with Crippen molar-refractivity contribution in [3.63, 3.8) is 0 Å². The molecule has 0 aromatic carbocycles. The number of carboxylic acid groups (broad SMARTS) is 1. The van der Waals surface area contributed by atoms with E-state index in [9.17, 15) is 13.2 Å². The second kappa shape index (κ2) is 6.59. The number of rotatable bonds is 1. The minimum atomic E-state index is -5.08. The highest BCUT2D eigenvalue weighted by Gasteiger charge is 2.38. The van der Waals surface area contributed by atoms with Crippen LogP contribution in [0.15, 0.2) is 0 Å². The van der Waals surface area contributed by atoms with Crippen LogP contribution in [0.1, 0.15) is 0 Å². The maximum atomic E-state index is 10.6. The van der Waals surface area contributed by atoms with Crippen molar-refractivity contribution in [1.29, 1.82) is 0 Å². The molecule has 0 amide bonds. The van der Waals surface area contributed by atoms with Gasteiger partial charge in [0.05, 0.1) is 19.3 Å². The minimum Gasteiger partial charge on any atom is -0.475 e. The Morgan fingerprint density at radius 1 is 1.53 bits per heavy atom. The molecule has 0 spiro atoms. The van der Waals surface area contributed by atoms with E-state index in [2.05, 4.69) is 5.32 Å². The van der Waals surface area contributed by atoms with E-state index in [1.54, 1.807) is 0 Å². The van der Waals surface area contributed by atoms with E-state index in [1.165, 1.54) is 0 Å². The number of alkyl halides is 3. The molecule has 0 bridgehead atoms. The molecule has 90 valence electrons. The summed E-state index contributed by atoms with van der Waals surface area (Å²) in [5.74, 6) is -2.76. The number of hydrogen-bond acceptors (Lipinski definition) is 4. The van der Waals surface area contributed by atoms with Gasteiger partial charge in [-0.05, 0) is 0 Å². The van der Waals surface area contributed by atoms with Crippen molar-refractivity contribution in [1.82, 2.24) is 5.32 Å². The summed E-state index contributed by atoms with van der Waals surface area (Å²) in [7, 11) is 0. The van der Waals surface area contributed by atoms with Crippen molar-refractivity contribution < 1.29 is 32.9 Å². The van der Waals surface area contributed by atoms with Gasteiger partial charge in [0.15, 0.2) is 0 Å². The van der Waals surface area contributed by atoms with Crippen LogP contribution >= 0.6 is 0 Å². The van der Waals surface area contributed by atoms with Crippen LogP contribution < -0.4 is 5.32 Å². The topological polar surface area (TPSA) is 78.8 Å². The summed E-state index contributed by atoms with van der Waals surface area (Å²) in [6, 6.07) is 0. The average molecular weight is 231 g/mol. The summed E-state index contributed by atoms with van der Waals surface area (Å²) < 4.78 is 36.9. The number of nitrogens with one attached hydrogen (secondary N) is 1. The maximum absolute atomic E-state index is 10.6. The molecule has 8 heteroatoms. The predicted octanol–water partition coefficient (Wildman–Crippen LogP) is -0.400. The first-order valence-electron chi connectivity index (χ1n) is 4.11. The van der Waals surface area contributed by atoms with Crippen LogP contribution in [0.5, 0.6) is 0 Å². The van der Waals surface area contributed by atoms with E-state index in [1.807, 2.05) is 0 Å². The zero-order valence-electron chi connectivity index (χ0n) is 7.75. The number of morpholine rings is 1. The molecule has 5 nitrogen and oxygen atoms in total. The normalized spacial score (nSPS) is 21.5. The molecule has 0 saturated carbocycles. The number of ether oxygens (including phenoxy) is 1. The van der Waals surface area contributed by atoms with Crippen LogP contribution in [0.4, 0.5) is 13.2 Å². The molecule has 1 heterocycles. The molecule has 0 radical (unpaired) electrons. The molecule has 1 rings (SSSR count). The van der Waals surface area contributed by atoms with Crippen molar-refractivity contribution in [2.24, 2.45) is 0 Å². The average Bonchev–Trinajstić information content (AvgIpc) is 2.18. The highest BCUT2D eigenvalue weighted by atomic mass is 19.4. The molecule has 1 saturated heterocycles. The van der Waals surface area contributed by atoms with Gasteiger partial charge in [-0.2, -0.15) is 13.2 Å². The van der Waals surface area contributed by atoms with Crippen LogP contribution in [0, 0.1) is 0 Å². The monoisotopic (exact) mass is 231 g/mol. The van der Waals surface area contributed by atoms with Crippen molar-refractivity contribution in [3.05, 3.63) is 0 Å². The lowest BCUT2D eigenvalue weighted by atomic mass is 10.3. The zero-order valence-corrected chi connectivity index (χ0v) is 7.75. The van der Waals surface area contributed by atoms with Gasteiger partial charge in [0.25, 0.3) is 0 Å². The van der Waals surface area contributed by atoms with Crippen LogP contribution in [-0.2, 0) is 9.53 Å². The summed E-state index contributed by atoms with van der Waals surface area (Å²) in [4.78, 5) is 8.90. The lowest BCUT2D eigenvalue weighted by molar-refractivity contribution is -0.192. The molecule has 1 atom stereocenters. The van der Waals surface area contributed by atoms with Crippen LogP contribution in [-0.4, -0.2) is 54.8 Å². The molecular formula is C7H12F3NO4. The molecule has 0 aromatic heterocycles. The van der Waals surface area contributed by atoms with E-state index < -0.39 is 12.1 Å². The molecule has 15 heavy (non-hydrogen) atoms. The summed E-state index contributed by atoms with van der Waals surface area (Å²) in [5, 5.41) is 18.8. The van der Waals surface area contributed by atoms with Crippen molar-refractivity contribution in [3.8, 4) is 0 Å². The highest BCUT2D eigenvalue weighted by Crippen LogP contribution is 2.13. The van der Waals surface area contributed by atoms with E-state index in [0.717, 1.165) is 19.7 Å². The van der Waals surface area contributed by atoms with E-state index in [0.29, 0.717) is 0 Å². The summed E-state index contributed by atoms with van der Waals surface area (Å²) in [6.07, 6.45) is -5.05. The third-order valence-corrected chi connectivity index (χ3v) is 1.45. The van der Waals surface area contributed by atoms with Gasteiger partial charge >= 0.3 is 12.1 Å². The molecule has 1 aliphatic rings. The minimum absolute atomic E-state index is 0.0312. The maximum Gasteiger partial charge on any atom is 0.490 e. The number of hydrogen-bond donors (Lipinski definition) is 3. The summed E-state index contributed by atoms with van der Waals surface area (Å²) in [5.41, 5.74) is 0. The van der Waals surface area contributed by atoms with Gasteiger partial charge in [0.1, 0.15) is 0 Å². The van der Waals surface area contributed by atoms with Crippen LogP contribution in [0.2, 0.25) is 0 Å². The fourth-order valence-electron chi connectivity index (χ4n) is 0.737. The Balaban J connectivity index is 0.000000265. The Morgan fingerprint density at radius 3 is 2.27 bits per heavy atom. The van der Waals surface area contributed by atoms with Crippen molar-refractivity contribution in [2.45, 2.75) is 12.3 Å². The van der Waals surface area contributed by atoms with Crippen molar-refractivity contribution >= 4 is 5.97 Å². The molecule has 1 fully saturated rings. The fourth-order valence-corrected chi connectivity index (χ4v) is 0.737. The Kier molecular flexibility index (Phi) is 6.21. The fraction of sp³-hybridized carbons (Fsp3) is 0.857. The lowest BCUT2D eigenvalue weighted by Gasteiger charge is -2.21. The number of aliphatic hydroxyl groups is 1. The summed E-state index contributed by atoms with van der Waals surface area (Å²) >= 11 is 0. The van der Waals surface area contributed by atoms with Gasteiger partial charge < -0.3 is 20.3 Å². The van der Waals surface area contributed by atoms with Gasteiger partial charge in [0.2, 0.25) is 0 Å². The third kappa shape index (κ3) is 7.11. The standard InChI is InChI=1S/C5H11NO2.C2HF3O2/c7-4-5-3-6-1-2-8-5;3-2(4,5)1(6)7/h5-7H,1-4H2;(H,6,7)/t5-;/m1./s1. The summed E-state index contributed by atoms with van der Waals surface area (Å²) in [6.45, 7) is 2.56. The van der Waals surface area contributed by atoms with Gasteiger partial charge in [-0.15, -0.1) is 0 Å². The smallest absolute Gasteiger partial charge is 0.475 e. The van der Waals surface area contributed by atoms with E-state index >= 15 is 0 Å². The Hall–Kier alpha value is -0.860. The Morgan fingerprint density at radius 2 is 2.07 bits per heavy atom. The number of carboxylic acids is 1. The highest BCUT2D eigenvalue weighted by molar-refractivity contribution is 5.73. The van der Waals surface area contributed by atoms with Gasteiger partial charge in [0, 0.05) is 13.1 Å². The van der Waals surface area contributed by atoms with Gasteiger partial charge in [-0.3, -0.25) is 0 Å². The van der Waals surface area contributed by atoms with Crippen LogP contribution in [0.25, 0.3) is 0 Å². The SMILES string of the molecule is O=C(O)C(F)(F)F.OC[C@H]1CNCCO1. The first-order valence-corrected chi connectivity index (χ1v) is 4.11. The quantitative estimate of drug-likeness (QED) is 0.572. The van der Waals surface area contributed by atoms with Gasteiger partial charge in [-0.1, -0.05) is 0 Å². The van der Waals surface area contributed by atoms with E-state index in [4.69, 9.17) is 19.7 Å². The van der Waals surface area contributed by atoms with Crippen LogP contribution in [0.3, 0.4) is 0 Å². The predicted molar refractivity (Wildman–Crippen MR) is 43.4 cm³/mol. The van der Waals surface area contributed by atoms with Crippen molar-refractivity contribution in [2.75, 3.05) is 26.3 Å². The molecular weight excluding hydrogens is 219 g/mol. The number of aliphatic carboxylic acids is 1. The second-order valence-electron chi connectivity index (χ2n) is 2.68. The first-order chi connectivity index (χ1) is 6.88. The molecule has 0 unspecified atom stereocenters. The number of halogens is 3. The Labute approximate surface area is 83.8 Å². The largest absolute Gasteiger partial charge is 0.490 e. The molecule has 1 aliphatic heterocycles. The molecule has 3 N–H and O–H groups in total. The van der Waals surface area contributed by atoms with E-state index in [-0.39, 0.29) is 12.7 Å².